The van der Waals surface area contributed by atoms with E-state index in [0.717, 1.165) is 13.0 Å². The minimum Gasteiger partial charge on any atom is -0.271 e. The molecule has 1 unspecified atom stereocenters. The quantitative estimate of drug-likeness (QED) is 0.411. The van der Waals surface area contributed by atoms with Crippen molar-refractivity contribution < 1.29 is 0 Å². The molecule has 1 atom stereocenters. The summed E-state index contributed by atoms with van der Waals surface area (Å²) in [6.45, 7) is 5.20. The van der Waals surface area contributed by atoms with Gasteiger partial charge in [-0.25, -0.2) is 0 Å². The SMILES string of the molecule is CCCCCC(NN)c1ccnn1CC. The zero-order valence-corrected chi connectivity index (χ0v) is 9.74. The number of nitrogens with one attached hydrogen (secondary N) is 1. The van der Waals surface area contributed by atoms with Gasteiger partial charge in [-0.3, -0.25) is 16.0 Å². The fourth-order valence-corrected chi connectivity index (χ4v) is 1.82. The Morgan fingerprint density at radius 1 is 1.47 bits per heavy atom. The van der Waals surface area contributed by atoms with Crippen LogP contribution in [0.25, 0.3) is 0 Å². The predicted molar refractivity (Wildman–Crippen MR) is 62.1 cm³/mol. The van der Waals surface area contributed by atoms with E-state index in [1.165, 1.54) is 25.0 Å². The summed E-state index contributed by atoms with van der Waals surface area (Å²) in [5, 5.41) is 4.25. The van der Waals surface area contributed by atoms with Crippen molar-refractivity contribution in [3.05, 3.63) is 18.0 Å². The number of hydrazine groups is 1. The number of nitrogens with zero attached hydrogens (tertiary/aromatic N) is 2. The van der Waals surface area contributed by atoms with Gasteiger partial charge in [0.2, 0.25) is 0 Å². The van der Waals surface area contributed by atoms with E-state index >= 15 is 0 Å². The molecule has 15 heavy (non-hydrogen) atoms. The molecular weight excluding hydrogens is 188 g/mol. The Labute approximate surface area is 91.8 Å². The zero-order chi connectivity index (χ0) is 11.1. The van der Waals surface area contributed by atoms with Crippen molar-refractivity contribution in [1.82, 2.24) is 15.2 Å². The van der Waals surface area contributed by atoms with Crippen LogP contribution in [-0.4, -0.2) is 9.78 Å². The van der Waals surface area contributed by atoms with Crippen LogP contribution in [0.3, 0.4) is 0 Å². The van der Waals surface area contributed by atoms with E-state index in [9.17, 15) is 0 Å². The van der Waals surface area contributed by atoms with Crippen molar-refractivity contribution in [1.29, 1.82) is 0 Å². The van der Waals surface area contributed by atoms with E-state index in [1.54, 1.807) is 0 Å². The van der Waals surface area contributed by atoms with Crippen molar-refractivity contribution >= 4 is 0 Å². The molecule has 1 aromatic rings. The molecule has 0 spiro atoms. The summed E-state index contributed by atoms with van der Waals surface area (Å²) in [5.41, 5.74) is 4.07. The van der Waals surface area contributed by atoms with Crippen molar-refractivity contribution in [2.24, 2.45) is 5.84 Å². The van der Waals surface area contributed by atoms with Gasteiger partial charge in [-0.05, 0) is 19.4 Å². The number of rotatable bonds is 7. The highest BCUT2D eigenvalue weighted by atomic mass is 15.3. The highest BCUT2D eigenvalue weighted by Crippen LogP contribution is 2.18. The number of hydrogen-bond acceptors (Lipinski definition) is 3. The van der Waals surface area contributed by atoms with Crippen LogP contribution in [0, 0.1) is 0 Å². The van der Waals surface area contributed by atoms with Crippen LogP contribution >= 0.6 is 0 Å². The van der Waals surface area contributed by atoms with Crippen LogP contribution in [0.5, 0.6) is 0 Å². The number of unbranched alkanes of at least 4 members (excludes halogenated alkanes) is 2. The van der Waals surface area contributed by atoms with Crippen LogP contribution in [-0.2, 0) is 6.54 Å². The normalized spacial score (nSPS) is 13.0. The Morgan fingerprint density at radius 2 is 2.27 bits per heavy atom. The molecule has 4 heteroatoms. The molecule has 0 radical (unpaired) electrons. The third-order valence-corrected chi connectivity index (χ3v) is 2.70. The molecule has 0 saturated carbocycles. The van der Waals surface area contributed by atoms with Gasteiger partial charge in [0.1, 0.15) is 0 Å². The molecule has 0 saturated heterocycles. The Kier molecular flexibility index (Phi) is 5.36. The number of nitrogens with two attached hydrogens (primary N) is 1. The minimum absolute atomic E-state index is 0.235. The molecule has 86 valence electrons. The van der Waals surface area contributed by atoms with Crippen molar-refractivity contribution in [3.8, 4) is 0 Å². The monoisotopic (exact) mass is 210 g/mol. The molecule has 0 bridgehead atoms. The number of aromatic nitrogens is 2. The minimum atomic E-state index is 0.235. The lowest BCUT2D eigenvalue weighted by Gasteiger charge is -2.16. The summed E-state index contributed by atoms with van der Waals surface area (Å²) in [5.74, 6) is 5.58. The largest absolute Gasteiger partial charge is 0.271 e. The van der Waals surface area contributed by atoms with E-state index in [2.05, 4.69) is 24.4 Å². The second-order valence-corrected chi connectivity index (χ2v) is 3.79. The molecule has 0 amide bonds. The average molecular weight is 210 g/mol. The van der Waals surface area contributed by atoms with Gasteiger partial charge in [0.05, 0.1) is 11.7 Å². The lowest BCUT2D eigenvalue weighted by atomic mass is 10.1. The molecule has 0 aliphatic carbocycles. The Bertz CT molecular complexity index is 269. The van der Waals surface area contributed by atoms with Crippen LogP contribution < -0.4 is 11.3 Å². The van der Waals surface area contributed by atoms with Crippen molar-refractivity contribution in [2.75, 3.05) is 0 Å². The molecule has 0 aliphatic rings. The third kappa shape index (κ3) is 3.32. The zero-order valence-electron chi connectivity index (χ0n) is 9.74. The van der Waals surface area contributed by atoms with Crippen LogP contribution in [0.1, 0.15) is 51.3 Å². The molecule has 1 aromatic heterocycles. The molecule has 3 N–H and O–H groups in total. The molecule has 1 heterocycles. The first-order valence-corrected chi connectivity index (χ1v) is 5.81. The molecule has 0 aliphatic heterocycles. The first kappa shape index (κ1) is 12.2. The first-order chi connectivity index (χ1) is 7.33. The second-order valence-electron chi connectivity index (χ2n) is 3.79. The molecule has 0 fully saturated rings. The molecule has 1 rings (SSSR count). The van der Waals surface area contributed by atoms with Gasteiger partial charge in [-0.1, -0.05) is 26.2 Å². The van der Waals surface area contributed by atoms with Gasteiger partial charge in [0, 0.05) is 12.7 Å². The smallest absolute Gasteiger partial charge is 0.0629 e. The fraction of sp³-hybridized carbons (Fsp3) is 0.727. The van der Waals surface area contributed by atoms with E-state index in [1.807, 2.05) is 16.9 Å². The topological polar surface area (TPSA) is 55.9 Å². The lowest BCUT2D eigenvalue weighted by molar-refractivity contribution is 0.448. The number of aryl methyl sites for hydroxylation is 1. The Hall–Kier alpha value is -0.870. The van der Waals surface area contributed by atoms with Gasteiger partial charge >= 0.3 is 0 Å². The predicted octanol–water partition coefficient (Wildman–Crippen LogP) is 1.99. The van der Waals surface area contributed by atoms with Crippen molar-refractivity contribution in [3.63, 3.8) is 0 Å². The summed E-state index contributed by atoms with van der Waals surface area (Å²) >= 11 is 0. The fourth-order valence-electron chi connectivity index (χ4n) is 1.82. The van der Waals surface area contributed by atoms with Crippen LogP contribution in [0.2, 0.25) is 0 Å². The maximum absolute atomic E-state index is 5.58. The maximum Gasteiger partial charge on any atom is 0.0629 e. The highest BCUT2D eigenvalue weighted by molar-refractivity contribution is 5.06. The van der Waals surface area contributed by atoms with E-state index in [-0.39, 0.29) is 6.04 Å². The van der Waals surface area contributed by atoms with Gasteiger partial charge in [-0.2, -0.15) is 5.10 Å². The van der Waals surface area contributed by atoms with Crippen molar-refractivity contribution in [2.45, 2.75) is 52.1 Å². The molecular formula is C11H22N4. The second kappa shape index (κ2) is 6.58. The maximum atomic E-state index is 5.58. The third-order valence-electron chi connectivity index (χ3n) is 2.70. The Balaban J connectivity index is 2.57. The summed E-state index contributed by atoms with van der Waals surface area (Å²) in [7, 11) is 0. The van der Waals surface area contributed by atoms with Crippen LogP contribution in [0.4, 0.5) is 0 Å². The first-order valence-electron chi connectivity index (χ1n) is 5.81. The molecule has 4 nitrogen and oxygen atoms in total. The summed E-state index contributed by atoms with van der Waals surface area (Å²) in [6.07, 6.45) is 6.63. The van der Waals surface area contributed by atoms with Gasteiger partial charge < -0.3 is 0 Å². The average Bonchev–Trinajstić information content (AvgIpc) is 2.72. The standard InChI is InChI=1S/C11H22N4/c1-3-5-6-7-10(14-12)11-8-9-13-15(11)4-2/h8-10,14H,3-7,12H2,1-2H3. The molecule has 0 aromatic carbocycles. The van der Waals surface area contributed by atoms with Gasteiger partial charge in [0.25, 0.3) is 0 Å². The lowest BCUT2D eigenvalue weighted by Crippen LogP contribution is -2.29. The van der Waals surface area contributed by atoms with E-state index in [0.29, 0.717) is 0 Å². The number of hydrogen-bond donors (Lipinski definition) is 2. The summed E-state index contributed by atoms with van der Waals surface area (Å²) < 4.78 is 2.00. The summed E-state index contributed by atoms with van der Waals surface area (Å²) in [6, 6.07) is 2.28. The van der Waals surface area contributed by atoms with Crippen LogP contribution in [0.15, 0.2) is 12.3 Å². The summed E-state index contributed by atoms with van der Waals surface area (Å²) in [4.78, 5) is 0. The van der Waals surface area contributed by atoms with Gasteiger partial charge in [-0.15, -0.1) is 0 Å². The van der Waals surface area contributed by atoms with E-state index < -0.39 is 0 Å². The van der Waals surface area contributed by atoms with Gasteiger partial charge in [0.15, 0.2) is 0 Å². The highest BCUT2D eigenvalue weighted by Gasteiger charge is 2.13. The Morgan fingerprint density at radius 3 is 2.87 bits per heavy atom. The van der Waals surface area contributed by atoms with E-state index in [4.69, 9.17) is 5.84 Å².